The predicted octanol–water partition coefficient (Wildman–Crippen LogP) is 2.11. The van der Waals surface area contributed by atoms with Crippen molar-refractivity contribution in [1.82, 2.24) is 4.90 Å². The number of para-hydroxylation sites is 2. The molecular formula is C14H20N2O4. The summed E-state index contributed by atoms with van der Waals surface area (Å²) in [6, 6.07) is 6.73. The van der Waals surface area contributed by atoms with Crippen LogP contribution in [0.5, 0.6) is 5.75 Å². The van der Waals surface area contributed by atoms with Crippen molar-refractivity contribution in [2.24, 2.45) is 0 Å². The number of urea groups is 1. The van der Waals surface area contributed by atoms with Crippen LogP contribution in [0.4, 0.5) is 10.5 Å². The Morgan fingerprint density at radius 1 is 1.20 bits per heavy atom. The van der Waals surface area contributed by atoms with E-state index in [0.717, 1.165) is 0 Å². The molecule has 110 valence electrons. The molecule has 2 amide bonds. The summed E-state index contributed by atoms with van der Waals surface area (Å²) >= 11 is 0. The van der Waals surface area contributed by atoms with Crippen LogP contribution in [0.2, 0.25) is 0 Å². The van der Waals surface area contributed by atoms with Crippen LogP contribution >= 0.6 is 0 Å². The second-order valence-electron chi connectivity index (χ2n) is 4.02. The van der Waals surface area contributed by atoms with Crippen molar-refractivity contribution in [3.8, 4) is 5.75 Å². The molecular weight excluding hydrogens is 260 g/mol. The Kier molecular flexibility index (Phi) is 6.36. The van der Waals surface area contributed by atoms with Gasteiger partial charge in [0.15, 0.2) is 0 Å². The summed E-state index contributed by atoms with van der Waals surface area (Å²) in [6.45, 7) is 4.28. The van der Waals surface area contributed by atoms with E-state index < -0.39 is 12.0 Å². The van der Waals surface area contributed by atoms with Crippen molar-refractivity contribution in [3.63, 3.8) is 0 Å². The highest BCUT2D eigenvalue weighted by molar-refractivity contribution is 5.92. The molecule has 0 unspecified atom stereocenters. The Morgan fingerprint density at radius 2 is 1.90 bits per heavy atom. The van der Waals surface area contributed by atoms with Crippen molar-refractivity contribution >= 4 is 17.7 Å². The molecule has 0 spiro atoms. The highest BCUT2D eigenvalue weighted by Gasteiger charge is 2.15. The first kappa shape index (κ1) is 15.8. The summed E-state index contributed by atoms with van der Waals surface area (Å²) in [5, 5.41) is 2.70. The summed E-state index contributed by atoms with van der Waals surface area (Å²) < 4.78 is 10.2. The lowest BCUT2D eigenvalue weighted by atomic mass is 10.3. The molecule has 0 radical (unpaired) electrons. The minimum atomic E-state index is -0.441. The Labute approximate surface area is 118 Å². The average molecular weight is 280 g/mol. The summed E-state index contributed by atoms with van der Waals surface area (Å²) in [5.74, 6) is 0.149. The van der Waals surface area contributed by atoms with Crippen LogP contribution in [0.3, 0.4) is 0 Å². The Balaban J connectivity index is 2.63. The first-order valence-corrected chi connectivity index (χ1v) is 6.48. The van der Waals surface area contributed by atoms with Crippen molar-refractivity contribution in [2.45, 2.75) is 13.8 Å². The topological polar surface area (TPSA) is 67.9 Å². The maximum absolute atomic E-state index is 12.0. The summed E-state index contributed by atoms with van der Waals surface area (Å²) in [5.41, 5.74) is 0.565. The number of likely N-dealkylation sites (N-methyl/N-ethyl adjacent to an activating group) is 1. The second kappa shape index (κ2) is 8.04. The minimum Gasteiger partial charge on any atom is -0.492 e. The molecule has 20 heavy (non-hydrogen) atoms. The molecule has 0 aliphatic rings. The second-order valence-corrected chi connectivity index (χ2v) is 4.02. The zero-order chi connectivity index (χ0) is 15.0. The Morgan fingerprint density at radius 3 is 2.55 bits per heavy atom. The summed E-state index contributed by atoms with van der Waals surface area (Å²) in [6.07, 6.45) is 0. The minimum absolute atomic E-state index is 0.101. The van der Waals surface area contributed by atoms with Crippen LogP contribution in [-0.4, -0.2) is 43.7 Å². The highest BCUT2D eigenvalue weighted by atomic mass is 16.5. The maximum Gasteiger partial charge on any atom is 0.325 e. The Bertz CT molecular complexity index is 462. The zero-order valence-electron chi connectivity index (χ0n) is 12.0. The van der Waals surface area contributed by atoms with Gasteiger partial charge in [0.1, 0.15) is 12.3 Å². The lowest BCUT2D eigenvalue weighted by Crippen LogP contribution is -2.36. The number of nitrogens with zero attached hydrogens (tertiary/aromatic N) is 1. The number of ether oxygens (including phenoxy) is 2. The number of rotatable bonds is 6. The lowest BCUT2D eigenvalue weighted by Gasteiger charge is -2.18. The average Bonchev–Trinajstić information content (AvgIpc) is 2.41. The van der Waals surface area contributed by atoms with Crippen molar-refractivity contribution in [2.75, 3.05) is 32.1 Å². The third-order valence-corrected chi connectivity index (χ3v) is 2.45. The fraction of sp³-hybridized carbons (Fsp3) is 0.429. The van der Waals surface area contributed by atoms with E-state index in [9.17, 15) is 9.59 Å². The quantitative estimate of drug-likeness (QED) is 0.810. The molecule has 1 aromatic rings. The van der Waals surface area contributed by atoms with Gasteiger partial charge in [-0.3, -0.25) is 4.79 Å². The fourth-order valence-electron chi connectivity index (χ4n) is 1.53. The van der Waals surface area contributed by atoms with Gasteiger partial charge in [-0.2, -0.15) is 0 Å². The van der Waals surface area contributed by atoms with Crippen LogP contribution in [0.1, 0.15) is 13.8 Å². The first-order valence-electron chi connectivity index (χ1n) is 6.48. The monoisotopic (exact) mass is 280 g/mol. The molecule has 6 heteroatoms. The van der Waals surface area contributed by atoms with E-state index in [-0.39, 0.29) is 6.54 Å². The predicted molar refractivity (Wildman–Crippen MR) is 75.9 cm³/mol. The van der Waals surface area contributed by atoms with Crippen LogP contribution in [0.25, 0.3) is 0 Å². The van der Waals surface area contributed by atoms with Gasteiger partial charge in [-0.1, -0.05) is 12.1 Å². The van der Waals surface area contributed by atoms with Gasteiger partial charge in [0.05, 0.1) is 18.9 Å². The molecule has 0 aromatic heterocycles. The number of carbonyl (C=O) groups excluding carboxylic acids is 2. The molecule has 6 nitrogen and oxygen atoms in total. The molecule has 0 saturated heterocycles. The normalized spacial score (nSPS) is 9.75. The van der Waals surface area contributed by atoms with Crippen LogP contribution in [-0.2, 0) is 9.53 Å². The van der Waals surface area contributed by atoms with Crippen LogP contribution < -0.4 is 10.1 Å². The van der Waals surface area contributed by atoms with Crippen molar-refractivity contribution in [1.29, 1.82) is 0 Å². The smallest absolute Gasteiger partial charge is 0.325 e. The first-order chi connectivity index (χ1) is 9.58. The molecule has 0 fully saturated rings. The largest absolute Gasteiger partial charge is 0.492 e. The highest BCUT2D eigenvalue weighted by Crippen LogP contribution is 2.23. The van der Waals surface area contributed by atoms with Gasteiger partial charge in [0, 0.05) is 7.05 Å². The van der Waals surface area contributed by atoms with Gasteiger partial charge in [-0.15, -0.1) is 0 Å². The van der Waals surface area contributed by atoms with Gasteiger partial charge in [0.25, 0.3) is 0 Å². The third-order valence-electron chi connectivity index (χ3n) is 2.45. The van der Waals surface area contributed by atoms with Gasteiger partial charge < -0.3 is 19.7 Å². The van der Waals surface area contributed by atoms with E-state index >= 15 is 0 Å². The SMILES string of the molecule is CCOC(=O)CN(C)C(=O)Nc1ccccc1OCC. The van der Waals surface area contributed by atoms with Gasteiger partial charge >= 0.3 is 12.0 Å². The molecule has 0 bridgehead atoms. The summed E-state index contributed by atoms with van der Waals surface area (Å²) in [7, 11) is 1.52. The van der Waals surface area contributed by atoms with E-state index in [1.165, 1.54) is 11.9 Å². The molecule has 1 aromatic carbocycles. The number of anilines is 1. The third kappa shape index (κ3) is 4.79. The van der Waals surface area contributed by atoms with Gasteiger partial charge in [-0.25, -0.2) is 4.79 Å². The number of nitrogens with one attached hydrogen (secondary N) is 1. The maximum atomic E-state index is 12.0. The van der Waals surface area contributed by atoms with Gasteiger partial charge in [0.2, 0.25) is 0 Å². The zero-order valence-corrected chi connectivity index (χ0v) is 12.0. The van der Waals surface area contributed by atoms with E-state index in [2.05, 4.69) is 5.32 Å². The fourth-order valence-corrected chi connectivity index (χ4v) is 1.53. The van der Waals surface area contributed by atoms with Crippen molar-refractivity contribution in [3.05, 3.63) is 24.3 Å². The molecule has 0 aliphatic heterocycles. The van der Waals surface area contributed by atoms with Crippen LogP contribution in [0.15, 0.2) is 24.3 Å². The molecule has 0 aliphatic carbocycles. The Hall–Kier alpha value is -2.24. The molecule has 1 N–H and O–H groups in total. The number of esters is 1. The molecule has 1 rings (SSSR count). The molecule has 0 heterocycles. The standard InChI is InChI=1S/C14H20N2O4/c1-4-19-12-9-7-6-8-11(12)15-14(18)16(3)10-13(17)20-5-2/h6-9H,4-5,10H2,1-3H3,(H,15,18). The number of benzene rings is 1. The number of carbonyl (C=O) groups is 2. The lowest BCUT2D eigenvalue weighted by molar-refractivity contribution is -0.143. The molecule has 0 atom stereocenters. The van der Waals surface area contributed by atoms with Gasteiger partial charge in [-0.05, 0) is 26.0 Å². The van der Waals surface area contributed by atoms with E-state index in [1.807, 2.05) is 13.0 Å². The number of hydrogen-bond acceptors (Lipinski definition) is 4. The van der Waals surface area contributed by atoms with Crippen molar-refractivity contribution < 1.29 is 19.1 Å². The molecule has 0 saturated carbocycles. The number of hydrogen-bond donors (Lipinski definition) is 1. The van der Waals surface area contributed by atoms with E-state index in [0.29, 0.717) is 24.7 Å². The van der Waals surface area contributed by atoms with Crippen LogP contribution in [0, 0.1) is 0 Å². The number of amides is 2. The summed E-state index contributed by atoms with van der Waals surface area (Å²) in [4.78, 5) is 24.5. The van der Waals surface area contributed by atoms with E-state index in [4.69, 9.17) is 9.47 Å². The van der Waals surface area contributed by atoms with E-state index in [1.54, 1.807) is 25.1 Å².